The van der Waals surface area contributed by atoms with Crippen LogP contribution in [-0.4, -0.2) is 28.6 Å². The lowest BCUT2D eigenvalue weighted by Gasteiger charge is -2.11. The van der Waals surface area contributed by atoms with E-state index in [1.54, 1.807) is 13.8 Å². The molecular weight excluding hydrogens is 312 g/mol. The van der Waals surface area contributed by atoms with Crippen LogP contribution in [0.15, 0.2) is 24.4 Å². The number of rotatable bonds is 5. The number of aryl methyl sites for hydroxylation is 1. The Hall–Kier alpha value is -2.96. The molecule has 0 saturated heterocycles. The fraction of sp³-hybridized carbons (Fsp3) is 0.294. The molecule has 1 N–H and O–H groups in total. The molecule has 24 heavy (non-hydrogen) atoms. The van der Waals surface area contributed by atoms with Crippen molar-refractivity contribution < 1.29 is 23.9 Å². The van der Waals surface area contributed by atoms with Gasteiger partial charge in [-0.1, -0.05) is 0 Å². The molecule has 2 aromatic heterocycles. The van der Waals surface area contributed by atoms with Crippen LogP contribution in [0.1, 0.15) is 56.4 Å². The number of carbonyl (C=O) groups excluding carboxylic acids is 3. The molecule has 0 radical (unpaired) electrons. The maximum atomic E-state index is 12.5. The van der Waals surface area contributed by atoms with Gasteiger partial charge in [-0.2, -0.15) is 4.73 Å². The predicted molar refractivity (Wildman–Crippen MR) is 84.9 cm³/mol. The third kappa shape index (κ3) is 3.19. The lowest BCUT2D eigenvalue weighted by molar-refractivity contribution is -0.608. The molecule has 7 heteroatoms. The van der Waals surface area contributed by atoms with Crippen molar-refractivity contribution >= 4 is 17.5 Å². The molecule has 2 heterocycles. The fourth-order valence-electron chi connectivity index (χ4n) is 2.59. The van der Waals surface area contributed by atoms with Crippen LogP contribution in [0.2, 0.25) is 0 Å². The Bertz CT molecular complexity index is 822. The third-order valence-corrected chi connectivity index (χ3v) is 3.72. The van der Waals surface area contributed by atoms with E-state index >= 15 is 0 Å². The van der Waals surface area contributed by atoms with Gasteiger partial charge in [0.2, 0.25) is 5.78 Å². The largest absolute Gasteiger partial charge is 0.618 e. The van der Waals surface area contributed by atoms with Crippen molar-refractivity contribution in [1.29, 1.82) is 0 Å². The second kappa shape index (κ2) is 6.66. The number of nitrogens with zero attached hydrogens (tertiary/aromatic N) is 1. The number of nitrogens with one attached hydrogen (secondary N) is 1. The van der Waals surface area contributed by atoms with Crippen LogP contribution in [0, 0.1) is 19.1 Å². The van der Waals surface area contributed by atoms with E-state index in [1.165, 1.54) is 38.2 Å². The lowest BCUT2D eigenvalue weighted by atomic mass is 10.0. The molecule has 7 nitrogen and oxygen atoms in total. The van der Waals surface area contributed by atoms with E-state index in [0.717, 1.165) is 0 Å². The average Bonchev–Trinajstić information content (AvgIpc) is 2.81. The number of ether oxygens (including phenoxy) is 1. The zero-order valence-corrected chi connectivity index (χ0v) is 13.9. The number of pyridine rings is 1. The molecule has 0 spiro atoms. The summed E-state index contributed by atoms with van der Waals surface area (Å²) < 4.78 is 5.46. The summed E-state index contributed by atoms with van der Waals surface area (Å²) in [6.45, 7) is 6.19. The summed E-state index contributed by atoms with van der Waals surface area (Å²) in [4.78, 5) is 39.0. The van der Waals surface area contributed by atoms with Gasteiger partial charge in [-0.15, -0.1) is 0 Å². The first-order chi connectivity index (χ1) is 11.2. The van der Waals surface area contributed by atoms with Gasteiger partial charge in [0.1, 0.15) is 0 Å². The van der Waals surface area contributed by atoms with E-state index in [4.69, 9.17) is 4.74 Å². The Morgan fingerprint density at radius 2 is 1.92 bits per heavy atom. The second-order valence-electron chi connectivity index (χ2n) is 5.50. The number of hydrogen-bond acceptors (Lipinski definition) is 5. The standard InChI is InChI=1S/C17H18N2O5/c1-9-14(11(3)20)10(2)18-15(9)16(21)12(4)24-17(22)13-7-5-6-8-19(13)23/h5-8,12,18H,1-4H3/t12-/m0/s1. The van der Waals surface area contributed by atoms with Gasteiger partial charge in [0.15, 0.2) is 18.1 Å². The number of aromatic nitrogens is 2. The van der Waals surface area contributed by atoms with Gasteiger partial charge < -0.3 is 14.9 Å². The lowest BCUT2D eigenvalue weighted by Crippen LogP contribution is -2.36. The van der Waals surface area contributed by atoms with Gasteiger partial charge in [-0.05, 0) is 39.3 Å². The maximum absolute atomic E-state index is 12.5. The summed E-state index contributed by atoms with van der Waals surface area (Å²) in [6.07, 6.45) is 0.0648. The minimum atomic E-state index is -1.10. The number of H-pyrrole nitrogens is 1. The predicted octanol–water partition coefficient (Wildman–Crippen LogP) is 1.90. The van der Waals surface area contributed by atoms with Gasteiger partial charge in [0, 0.05) is 23.4 Å². The van der Waals surface area contributed by atoms with Crippen molar-refractivity contribution in [2.45, 2.75) is 33.8 Å². The van der Waals surface area contributed by atoms with Crippen LogP contribution in [0.5, 0.6) is 0 Å². The monoisotopic (exact) mass is 330 g/mol. The van der Waals surface area contributed by atoms with Crippen molar-refractivity contribution in [3.05, 3.63) is 57.8 Å². The van der Waals surface area contributed by atoms with Gasteiger partial charge >= 0.3 is 11.7 Å². The number of carbonyl (C=O) groups is 3. The number of Topliss-reactive ketones (excluding diaryl/α,β-unsaturated/α-hetero) is 2. The zero-order chi connectivity index (χ0) is 18.0. The molecular formula is C17H18N2O5. The Morgan fingerprint density at radius 1 is 1.25 bits per heavy atom. The van der Waals surface area contributed by atoms with Crippen LogP contribution >= 0.6 is 0 Å². The summed E-state index contributed by atoms with van der Waals surface area (Å²) in [5, 5.41) is 11.5. The van der Waals surface area contributed by atoms with Crippen molar-refractivity contribution in [2.75, 3.05) is 0 Å². The highest BCUT2D eigenvalue weighted by molar-refractivity contribution is 6.05. The first-order valence-corrected chi connectivity index (χ1v) is 7.37. The van der Waals surface area contributed by atoms with Crippen LogP contribution in [0.3, 0.4) is 0 Å². The highest BCUT2D eigenvalue weighted by Gasteiger charge is 2.28. The molecule has 1 atom stereocenters. The Labute approximate surface area is 138 Å². The first kappa shape index (κ1) is 17.4. The van der Waals surface area contributed by atoms with Crippen LogP contribution in [0.25, 0.3) is 0 Å². The molecule has 0 unspecified atom stereocenters. The number of ketones is 2. The molecule has 0 saturated carbocycles. The van der Waals surface area contributed by atoms with Gasteiger partial charge in [-0.3, -0.25) is 9.59 Å². The summed E-state index contributed by atoms with van der Waals surface area (Å²) in [7, 11) is 0. The Morgan fingerprint density at radius 3 is 2.46 bits per heavy atom. The highest BCUT2D eigenvalue weighted by atomic mass is 16.6. The SMILES string of the molecule is CC(=O)c1c(C)[nH]c(C(=O)[C@H](C)OC(=O)c2cccc[n+]2[O-])c1C. The Kier molecular flexibility index (Phi) is 4.82. The zero-order valence-electron chi connectivity index (χ0n) is 13.9. The molecule has 2 rings (SSSR count). The molecule has 126 valence electrons. The normalized spacial score (nSPS) is 11.8. The highest BCUT2D eigenvalue weighted by Crippen LogP contribution is 2.20. The molecule has 0 aromatic carbocycles. The summed E-state index contributed by atoms with van der Waals surface area (Å²) in [5.41, 5.74) is 1.58. The van der Waals surface area contributed by atoms with Gasteiger partial charge in [0.05, 0.1) is 5.69 Å². The molecule has 0 amide bonds. The van der Waals surface area contributed by atoms with Crippen molar-refractivity contribution in [3.63, 3.8) is 0 Å². The molecule has 0 aliphatic heterocycles. The topological polar surface area (TPSA) is 103 Å². The number of aromatic amines is 1. The van der Waals surface area contributed by atoms with Gasteiger partial charge in [-0.25, -0.2) is 4.79 Å². The van der Waals surface area contributed by atoms with E-state index in [1.807, 2.05) is 0 Å². The summed E-state index contributed by atoms with van der Waals surface area (Å²) >= 11 is 0. The smallest absolute Gasteiger partial charge is 0.405 e. The maximum Gasteiger partial charge on any atom is 0.405 e. The summed E-state index contributed by atoms with van der Waals surface area (Å²) in [5.74, 6) is -1.51. The minimum absolute atomic E-state index is 0.151. The number of esters is 1. The van der Waals surface area contributed by atoms with E-state index in [9.17, 15) is 19.6 Å². The van der Waals surface area contributed by atoms with Crippen LogP contribution in [-0.2, 0) is 4.74 Å². The molecule has 0 fully saturated rings. The van der Waals surface area contributed by atoms with Gasteiger partial charge in [0.25, 0.3) is 0 Å². The number of hydrogen-bond donors (Lipinski definition) is 1. The van der Waals surface area contributed by atoms with Crippen molar-refractivity contribution in [2.24, 2.45) is 0 Å². The first-order valence-electron chi connectivity index (χ1n) is 7.37. The fourth-order valence-corrected chi connectivity index (χ4v) is 2.59. The summed E-state index contributed by atoms with van der Waals surface area (Å²) in [6, 6.07) is 4.31. The molecule has 2 aromatic rings. The van der Waals surface area contributed by atoms with E-state index in [-0.39, 0.29) is 17.2 Å². The molecule has 0 bridgehead atoms. The third-order valence-electron chi connectivity index (χ3n) is 3.72. The van der Waals surface area contributed by atoms with Crippen molar-refractivity contribution in [1.82, 2.24) is 4.98 Å². The van der Waals surface area contributed by atoms with E-state index in [2.05, 4.69) is 4.98 Å². The van der Waals surface area contributed by atoms with Crippen molar-refractivity contribution in [3.8, 4) is 0 Å². The average molecular weight is 330 g/mol. The quantitative estimate of drug-likeness (QED) is 0.390. The van der Waals surface area contributed by atoms with E-state index < -0.39 is 17.9 Å². The van der Waals surface area contributed by atoms with Crippen LogP contribution < -0.4 is 4.73 Å². The van der Waals surface area contributed by atoms with E-state index in [0.29, 0.717) is 21.6 Å². The minimum Gasteiger partial charge on any atom is -0.618 e. The Balaban J connectivity index is 2.22. The molecule has 0 aliphatic rings. The molecule has 0 aliphatic carbocycles. The second-order valence-corrected chi connectivity index (χ2v) is 5.50. The van der Waals surface area contributed by atoms with Crippen LogP contribution in [0.4, 0.5) is 0 Å².